The molecule has 3 nitrogen and oxygen atoms in total. The number of amidine groups is 1. The van der Waals surface area contributed by atoms with E-state index in [0.29, 0.717) is 11.9 Å². The van der Waals surface area contributed by atoms with Gasteiger partial charge < -0.3 is 11.1 Å². The zero-order chi connectivity index (χ0) is 8.27. The Bertz CT molecular complexity index is 142. The molecule has 0 aromatic rings. The van der Waals surface area contributed by atoms with Crippen molar-refractivity contribution >= 4 is 5.84 Å². The summed E-state index contributed by atoms with van der Waals surface area (Å²) in [4.78, 5) is 0. The van der Waals surface area contributed by atoms with Gasteiger partial charge in [0.2, 0.25) is 0 Å². The highest BCUT2D eigenvalue weighted by atomic mass is 15.0. The average Bonchev–Trinajstić information content (AvgIpc) is 2.13. The Morgan fingerprint density at radius 3 is 3.00 bits per heavy atom. The Morgan fingerprint density at radius 2 is 2.36 bits per heavy atom. The topological polar surface area (TPSA) is 61.9 Å². The van der Waals surface area contributed by atoms with Crippen LogP contribution in [0.3, 0.4) is 0 Å². The normalized spacial score (nSPS) is 28.9. The van der Waals surface area contributed by atoms with Gasteiger partial charge in [-0.2, -0.15) is 0 Å². The molecule has 0 bridgehead atoms. The van der Waals surface area contributed by atoms with Gasteiger partial charge in [0, 0.05) is 18.5 Å². The van der Waals surface area contributed by atoms with E-state index in [4.69, 9.17) is 11.1 Å². The number of nitrogens with one attached hydrogen (secondary N) is 2. The van der Waals surface area contributed by atoms with Crippen LogP contribution in [0.15, 0.2) is 0 Å². The molecule has 1 saturated heterocycles. The van der Waals surface area contributed by atoms with Crippen molar-refractivity contribution in [3.63, 3.8) is 0 Å². The van der Waals surface area contributed by atoms with Crippen LogP contribution in [0, 0.1) is 5.41 Å². The van der Waals surface area contributed by atoms with Gasteiger partial charge in [-0.05, 0) is 19.8 Å². The summed E-state index contributed by atoms with van der Waals surface area (Å²) in [6.07, 6.45) is 4.33. The van der Waals surface area contributed by atoms with E-state index < -0.39 is 0 Å². The van der Waals surface area contributed by atoms with Gasteiger partial charge in [-0.3, -0.25) is 5.41 Å². The van der Waals surface area contributed by atoms with Crippen LogP contribution in [-0.4, -0.2) is 17.9 Å². The van der Waals surface area contributed by atoms with Crippen LogP contribution in [0.25, 0.3) is 0 Å². The third kappa shape index (κ3) is 2.50. The third-order valence-corrected chi connectivity index (χ3v) is 2.19. The van der Waals surface area contributed by atoms with Gasteiger partial charge in [0.05, 0.1) is 5.84 Å². The Balaban J connectivity index is 2.45. The first-order chi connectivity index (χ1) is 5.20. The molecule has 1 aliphatic rings. The maximum absolute atomic E-state index is 7.49. The summed E-state index contributed by atoms with van der Waals surface area (Å²) < 4.78 is 0. The molecule has 0 aromatic heterocycles. The highest BCUT2D eigenvalue weighted by molar-refractivity contribution is 5.79. The molecule has 0 amide bonds. The van der Waals surface area contributed by atoms with E-state index in [0.717, 1.165) is 19.3 Å². The molecule has 0 spiro atoms. The Labute approximate surface area is 67.9 Å². The fourth-order valence-electron chi connectivity index (χ4n) is 1.43. The van der Waals surface area contributed by atoms with Gasteiger partial charge in [0.15, 0.2) is 0 Å². The van der Waals surface area contributed by atoms with Gasteiger partial charge in [-0.15, -0.1) is 0 Å². The summed E-state index contributed by atoms with van der Waals surface area (Å²) in [5, 5.41) is 10.6. The lowest BCUT2D eigenvalue weighted by Gasteiger charge is -2.20. The van der Waals surface area contributed by atoms with Crippen molar-refractivity contribution in [1.29, 1.82) is 5.41 Å². The number of nitrogens with two attached hydrogens (primary N) is 1. The maximum atomic E-state index is 7.49. The van der Waals surface area contributed by atoms with Gasteiger partial charge in [0.1, 0.15) is 0 Å². The summed E-state index contributed by atoms with van der Waals surface area (Å²) in [6, 6.07) is 0.485. The van der Waals surface area contributed by atoms with Gasteiger partial charge in [0.25, 0.3) is 0 Å². The van der Waals surface area contributed by atoms with Crippen molar-refractivity contribution in [2.24, 2.45) is 5.73 Å². The van der Waals surface area contributed by atoms with Crippen LogP contribution in [0.2, 0.25) is 0 Å². The van der Waals surface area contributed by atoms with Crippen molar-refractivity contribution in [3.05, 3.63) is 0 Å². The van der Waals surface area contributed by atoms with Crippen LogP contribution in [0.1, 0.15) is 32.6 Å². The van der Waals surface area contributed by atoms with E-state index in [2.05, 4.69) is 5.32 Å². The molecule has 2 unspecified atom stereocenters. The molecule has 0 aliphatic carbocycles. The van der Waals surface area contributed by atoms with Crippen LogP contribution < -0.4 is 11.1 Å². The monoisotopic (exact) mass is 155 g/mol. The number of hydrogen-bond acceptors (Lipinski definition) is 2. The van der Waals surface area contributed by atoms with Crippen LogP contribution in [0.4, 0.5) is 0 Å². The molecule has 2 atom stereocenters. The molecular formula is C8H17N3. The van der Waals surface area contributed by atoms with E-state index in [9.17, 15) is 0 Å². The lowest BCUT2D eigenvalue weighted by atomic mass is 10.1. The second kappa shape index (κ2) is 3.72. The lowest BCUT2D eigenvalue weighted by Crippen LogP contribution is -2.44. The van der Waals surface area contributed by atoms with Crippen LogP contribution in [-0.2, 0) is 0 Å². The minimum Gasteiger partial charge on any atom is -0.370 e. The predicted molar refractivity (Wildman–Crippen MR) is 46.8 cm³/mol. The largest absolute Gasteiger partial charge is 0.370 e. The smallest absolute Gasteiger partial charge is 0.0934 e. The number of hydrogen-bond donors (Lipinski definition) is 3. The molecule has 0 radical (unpaired) electrons. The SMILES string of the molecule is CC(N)C1CCCCC(=N)N1. The van der Waals surface area contributed by atoms with Crippen molar-refractivity contribution < 1.29 is 0 Å². The zero-order valence-electron chi connectivity index (χ0n) is 7.06. The van der Waals surface area contributed by atoms with Crippen molar-refractivity contribution in [2.45, 2.75) is 44.7 Å². The molecular weight excluding hydrogens is 138 g/mol. The Morgan fingerprint density at radius 1 is 1.64 bits per heavy atom. The molecule has 4 N–H and O–H groups in total. The minimum atomic E-state index is 0.161. The van der Waals surface area contributed by atoms with Gasteiger partial charge in [-0.1, -0.05) is 6.42 Å². The Hall–Kier alpha value is -0.570. The summed E-state index contributed by atoms with van der Waals surface area (Å²) >= 11 is 0. The van der Waals surface area contributed by atoms with Crippen molar-refractivity contribution in [2.75, 3.05) is 0 Å². The standard InChI is InChI=1S/C8H17N3/c1-6(9)7-4-2-3-5-8(10)11-7/h6-7H,2-5,9H2,1H3,(H2,10,11). The second-order valence-electron chi connectivity index (χ2n) is 3.33. The van der Waals surface area contributed by atoms with Crippen LogP contribution in [0.5, 0.6) is 0 Å². The first kappa shape index (κ1) is 8.53. The van der Waals surface area contributed by atoms with E-state index in [-0.39, 0.29) is 6.04 Å². The lowest BCUT2D eigenvalue weighted by molar-refractivity contribution is 0.478. The second-order valence-corrected chi connectivity index (χ2v) is 3.33. The minimum absolute atomic E-state index is 0.161. The van der Waals surface area contributed by atoms with E-state index in [1.54, 1.807) is 0 Å². The van der Waals surface area contributed by atoms with E-state index in [1.165, 1.54) is 6.42 Å². The molecule has 3 heteroatoms. The Kier molecular flexibility index (Phi) is 2.88. The predicted octanol–water partition coefficient (Wildman–Crippen LogP) is 0.843. The molecule has 0 aromatic carbocycles. The first-order valence-corrected chi connectivity index (χ1v) is 4.29. The molecule has 1 heterocycles. The van der Waals surface area contributed by atoms with Gasteiger partial charge in [-0.25, -0.2) is 0 Å². The highest BCUT2D eigenvalue weighted by Gasteiger charge is 2.16. The summed E-state index contributed by atoms with van der Waals surface area (Å²) in [5.41, 5.74) is 5.74. The summed E-state index contributed by atoms with van der Waals surface area (Å²) in [7, 11) is 0. The molecule has 1 fully saturated rings. The van der Waals surface area contributed by atoms with Gasteiger partial charge >= 0.3 is 0 Å². The highest BCUT2D eigenvalue weighted by Crippen LogP contribution is 2.10. The maximum Gasteiger partial charge on any atom is 0.0934 e. The van der Waals surface area contributed by atoms with Crippen LogP contribution >= 0.6 is 0 Å². The molecule has 1 rings (SSSR count). The van der Waals surface area contributed by atoms with E-state index in [1.807, 2.05) is 6.92 Å². The number of rotatable bonds is 1. The first-order valence-electron chi connectivity index (χ1n) is 4.29. The molecule has 64 valence electrons. The zero-order valence-corrected chi connectivity index (χ0v) is 7.06. The van der Waals surface area contributed by atoms with E-state index >= 15 is 0 Å². The molecule has 0 saturated carbocycles. The fourth-order valence-corrected chi connectivity index (χ4v) is 1.43. The van der Waals surface area contributed by atoms with Crippen molar-refractivity contribution in [3.8, 4) is 0 Å². The average molecular weight is 155 g/mol. The molecule has 11 heavy (non-hydrogen) atoms. The van der Waals surface area contributed by atoms with Crippen molar-refractivity contribution in [1.82, 2.24) is 5.32 Å². The fraction of sp³-hybridized carbons (Fsp3) is 0.875. The summed E-state index contributed by atoms with van der Waals surface area (Å²) in [6.45, 7) is 2.00. The quantitative estimate of drug-likeness (QED) is 0.525. The summed E-state index contributed by atoms with van der Waals surface area (Å²) in [5.74, 6) is 0.657. The third-order valence-electron chi connectivity index (χ3n) is 2.19. The molecule has 1 aliphatic heterocycles.